The van der Waals surface area contributed by atoms with Gasteiger partial charge in [0, 0.05) is 36.8 Å². The number of hydrogen-bond acceptors (Lipinski definition) is 6. The smallest absolute Gasteiger partial charge is 0.278 e. The molecule has 174 valence electrons. The first-order valence-electron chi connectivity index (χ1n) is 10.7. The highest BCUT2D eigenvalue weighted by atomic mass is 19.1. The number of hydrogen-bond donors (Lipinski definition) is 2. The van der Waals surface area contributed by atoms with Crippen molar-refractivity contribution in [3.63, 3.8) is 0 Å². The minimum absolute atomic E-state index is 0.0337. The van der Waals surface area contributed by atoms with E-state index < -0.39 is 40.2 Å². The molecule has 0 saturated carbocycles. The summed E-state index contributed by atoms with van der Waals surface area (Å²) in [4.78, 5) is 40.3. The van der Waals surface area contributed by atoms with E-state index in [2.05, 4.69) is 5.32 Å². The Labute approximate surface area is 187 Å². The van der Waals surface area contributed by atoms with E-state index >= 15 is 0 Å². The Morgan fingerprint density at radius 3 is 2.79 bits per heavy atom. The molecule has 3 aliphatic rings. The number of halogens is 2. The largest absolute Gasteiger partial charge is 0.502 e. The minimum Gasteiger partial charge on any atom is -0.502 e. The molecule has 0 aliphatic carbocycles. The Bertz CT molecular complexity index is 1220. The van der Waals surface area contributed by atoms with Crippen molar-refractivity contribution >= 4 is 11.8 Å². The average molecular weight is 460 g/mol. The van der Waals surface area contributed by atoms with Crippen molar-refractivity contribution in [2.24, 2.45) is 5.92 Å². The number of nitrogens with zero attached hydrogens (tertiary/aromatic N) is 3. The molecule has 2 amide bonds. The van der Waals surface area contributed by atoms with Gasteiger partial charge in [-0.3, -0.25) is 24.1 Å². The van der Waals surface area contributed by atoms with Gasteiger partial charge in [-0.25, -0.2) is 8.78 Å². The number of pyridine rings is 1. The predicted molar refractivity (Wildman–Crippen MR) is 111 cm³/mol. The molecule has 2 saturated heterocycles. The van der Waals surface area contributed by atoms with Crippen LogP contribution in [-0.4, -0.2) is 58.5 Å². The van der Waals surface area contributed by atoms with Crippen LogP contribution in [0.5, 0.6) is 5.75 Å². The number of rotatable bonds is 4. The summed E-state index contributed by atoms with van der Waals surface area (Å²) >= 11 is 0. The van der Waals surface area contributed by atoms with Gasteiger partial charge >= 0.3 is 0 Å². The van der Waals surface area contributed by atoms with Crippen molar-refractivity contribution < 1.29 is 28.2 Å². The number of aromatic hydroxyl groups is 1. The summed E-state index contributed by atoms with van der Waals surface area (Å²) in [6.07, 6.45) is 1.62. The van der Waals surface area contributed by atoms with Crippen LogP contribution in [0.3, 0.4) is 0 Å². The van der Waals surface area contributed by atoms with Gasteiger partial charge in [0.25, 0.3) is 11.8 Å². The van der Waals surface area contributed by atoms with Crippen LogP contribution in [0.1, 0.15) is 39.8 Å². The number of carbonyl (C=O) groups is 2. The van der Waals surface area contributed by atoms with Crippen molar-refractivity contribution in [2.75, 3.05) is 24.8 Å². The molecule has 0 unspecified atom stereocenters. The monoisotopic (exact) mass is 460 g/mol. The van der Waals surface area contributed by atoms with Crippen LogP contribution < -0.4 is 15.8 Å². The maximum absolute atomic E-state index is 13.9. The molecule has 0 radical (unpaired) electrons. The first-order valence-corrected chi connectivity index (χ1v) is 10.7. The third-order valence-electron chi connectivity index (χ3n) is 6.60. The summed E-state index contributed by atoms with van der Waals surface area (Å²) in [7, 11) is 0. The first-order chi connectivity index (χ1) is 15.8. The SMILES string of the molecule is CCN1C(=O)c2c(O)c(=O)c(C(=O)NCc3ccc(F)cc3F)cn2N2[C@@H]3COC[C@@H]3C[C@@H]12. The van der Waals surface area contributed by atoms with Crippen LogP contribution in [0.4, 0.5) is 8.78 Å². The van der Waals surface area contributed by atoms with E-state index in [1.165, 1.54) is 16.9 Å². The van der Waals surface area contributed by atoms with Crippen molar-refractivity contribution in [3.8, 4) is 5.75 Å². The lowest BCUT2D eigenvalue weighted by atomic mass is 10.0. The van der Waals surface area contributed by atoms with Gasteiger partial charge in [-0.05, 0) is 19.4 Å². The summed E-state index contributed by atoms with van der Waals surface area (Å²) in [6.45, 7) is 2.88. The molecular formula is C22H22F2N4O5. The molecule has 2 aromatic rings. The lowest BCUT2D eigenvalue weighted by Gasteiger charge is -2.44. The van der Waals surface area contributed by atoms with E-state index in [-0.39, 0.29) is 35.9 Å². The summed E-state index contributed by atoms with van der Waals surface area (Å²) in [5, 5.41) is 15.0. The van der Waals surface area contributed by atoms with E-state index in [0.29, 0.717) is 32.2 Å². The second kappa shape index (κ2) is 7.84. The second-order valence-corrected chi connectivity index (χ2v) is 8.38. The Morgan fingerprint density at radius 2 is 2.06 bits per heavy atom. The van der Waals surface area contributed by atoms with Crippen molar-refractivity contribution in [2.45, 2.75) is 32.1 Å². The van der Waals surface area contributed by atoms with Gasteiger partial charge in [-0.1, -0.05) is 6.07 Å². The zero-order valence-electron chi connectivity index (χ0n) is 17.8. The van der Waals surface area contributed by atoms with Crippen molar-refractivity contribution in [3.05, 3.63) is 63.1 Å². The molecule has 2 N–H and O–H groups in total. The second-order valence-electron chi connectivity index (χ2n) is 8.38. The molecule has 4 heterocycles. The molecule has 2 fully saturated rings. The number of carbonyl (C=O) groups excluding carboxylic acids is 2. The van der Waals surface area contributed by atoms with Crippen molar-refractivity contribution in [1.29, 1.82) is 0 Å². The van der Waals surface area contributed by atoms with E-state index in [1.54, 1.807) is 4.90 Å². The summed E-state index contributed by atoms with van der Waals surface area (Å²) in [6, 6.07) is 2.86. The lowest BCUT2D eigenvalue weighted by molar-refractivity contribution is 0.0568. The molecular weight excluding hydrogens is 438 g/mol. The first kappa shape index (κ1) is 21.4. The van der Waals surface area contributed by atoms with E-state index in [0.717, 1.165) is 6.07 Å². The van der Waals surface area contributed by atoms with E-state index in [4.69, 9.17) is 4.74 Å². The summed E-state index contributed by atoms with van der Waals surface area (Å²) < 4.78 is 34.0. The van der Waals surface area contributed by atoms with Gasteiger partial charge in [0.05, 0.1) is 19.3 Å². The van der Waals surface area contributed by atoms with Gasteiger partial charge in [-0.15, -0.1) is 0 Å². The van der Waals surface area contributed by atoms with Gasteiger partial charge < -0.3 is 20.1 Å². The molecule has 0 spiro atoms. The summed E-state index contributed by atoms with van der Waals surface area (Å²) in [5.41, 5.74) is -1.56. The molecule has 5 rings (SSSR count). The van der Waals surface area contributed by atoms with Gasteiger partial charge in [0.2, 0.25) is 5.43 Å². The molecule has 1 aromatic carbocycles. The normalized spacial score (nSPS) is 23.4. The standard InChI is InChI=1S/C22H22F2N4O5/c1-2-26-17-5-12-9-33-10-16(12)28(17)27-8-14(19(29)20(30)18(27)22(26)32)21(31)25-7-11-3-4-13(23)6-15(11)24/h3-4,6,8,12,16-17,30H,2,5,7,9-10H2,1H3,(H,25,31)/t12-,16+,17-/m0/s1. The molecule has 11 heteroatoms. The zero-order valence-corrected chi connectivity index (χ0v) is 17.8. The molecule has 3 aliphatic heterocycles. The minimum atomic E-state index is -1.00. The van der Waals surface area contributed by atoms with E-state index in [9.17, 15) is 28.3 Å². The highest BCUT2D eigenvalue weighted by Gasteiger charge is 2.52. The van der Waals surface area contributed by atoms with Gasteiger partial charge in [-0.2, -0.15) is 0 Å². The Hall–Kier alpha value is -3.47. The van der Waals surface area contributed by atoms with Crippen LogP contribution in [0, 0.1) is 17.6 Å². The average Bonchev–Trinajstić information content (AvgIpc) is 3.36. The topological polar surface area (TPSA) is 104 Å². The third-order valence-corrected chi connectivity index (χ3v) is 6.60. The third kappa shape index (κ3) is 3.26. The fourth-order valence-corrected chi connectivity index (χ4v) is 4.97. The molecule has 1 aromatic heterocycles. The Morgan fingerprint density at radius 1 is 1.27 bits per heavy atom. The number of benzene rings is 1. The maximum Gasteiger partial charge on any atom is 0.278 e. The fourth-order valence-electron chi connectivity index (χ4n) is 4.97. The molecule has 9 nitrogen and oxygen atoms in total. The number of nitrogens with one attached hydrogen (secondary N) is 1. The highest BCUT2D eigenvalue weighted by molar-refractivity contribution is 5.99. The van der Waals surface area contributed by atoms with Crippen molar-refractivity contribution in [1.82, 2.24) is 14.9 Å². The lowest BCUT2D eigenvalue weighted by Crippen LogP contribution is -2.61. The van der Waals surface area contributed by atoms with Gasteiger partial charge in [0.15, 0.2) is 11.4 Å². The van der Waals surface area contributed by atoms with Crippen LogP contribution in [-0.2, 0) is 11.3 Å². The fraction of sp³-hybridized carbons (Fsp3) is 0.409. The van der Waals surface area contributed by atoms with Crippen LogP contribution >= 0.6 is 0 Å². The summed E-state index contributed by atoms with van der Waals surface area (Å²) in [5.74, 6) is -3.58. The maximum atomic E-state index is 13.9. The molecule has 3 atom stereocenters. The van der Waals surface area contributed by atoms with Crippen LogP contribution in [0.15, 0.2) is 29.2 Å². The molecule has 33 heavy (non-hydrogen) atoms. The van der Waals surface area contributed by atoms with Crippen LogP contribution in [0.25, 0.3) is 0 Å². The number of fused-ring (bicyclic) bond motifs is 5. The number of amides is 2. The zero-order chi connectivity index (χ0) is 23.4. The quantitative estimate of drug-likeness (QED) is 0.704. The Balaban J connectivity index is 1.52. The van der Waals surface area contributed by atoms with E-state index in [1.807, 2.05) is 11.9 Å². The predicted octanol–water partition coefficient (Wildman–Crippen LogP) is 0.921. The Kier molecular flexibility index (Phi) is 5.08. The number of aromatic nitrogens is 1. The van der Waals surface area contributed by atoms with Crippen LogP contribution in [0.2, 0.25) is 0 Å². The number of ether oxygens (including phenoxy) is 1. The van der Waals surface area contributed by atoms with Gasteiger partial charge in [0.1, 0.15) is 23.4 Å². The molecule has 0 bridgehead atoms. The highest BCUT2D eigenvalue weighted by Crippen LogP contribution is 2.39.